The van der Waals surface area contributed by atoms with Crippen molar-refractivity contribution in [1.82, 2.24) is 15.1 Å². The summed E-state index contributed by atoms with van der Waals surface area (Å²) in [7, 11) is 0. The molecular weight excluding hydrogens is 338 g/mol. The van der Waals surface area contributed by atoms with Crippen molar-refractivity contribution < 1.29 is 9.59 Å². The van der Waals surface area contributed by atoms with E-state index in [-0.39, 0.29) is 11.8 Å². The molecule has 0 spiro atoms. The molecule has 6 heteroatoms. The van der Waals surface area contributed by atoms with Crippen LogP contribution in [0.5, 0.6) is 0 Å². The Morgan fingerprint density at radius 2 is 1.76 bits per heavy atom. The van der Waals surface area contributed by atoms with Crippen LogP contribution in [-0.2, 0) is 16.1 Å². The minimum Gasteiger partial charge on any atom is -0.331 e. The Morgan fingerprint density at radius 1 is 1.08 bits per heavy atom. The van der Waals surface area contributed by atoms with Crippen LogP contribution in [0, 0.1) is 0 Å². The molecule has 134 valence electrons. The molecule has 2 amide bonds. The van der Waals surface area contributed by atoms with Crippen molar-refractivity contribution in [3.63, 3.8) is 0 Å². The van der Waals surface area contributed by atoms with Crippen molar-refractivity contribution in [1.29, 1.82) is 0 Å². The molecule has 1 aromatic carbocycles. The number of hydrogen-bond donors (Lipinski definition) is 1. The third kappa shape index (κ3) is 3.15. The molecule has 4 rings (SSSR count). The summed E-state index contributed by atoms with van der Waals surface area (Å²) in [6.07, 6.45) is 3.37. The van der Waals surface area contributed by atoms with Gasteiger partial charge in [0, 0.05) is 43.3 Å². The summed E-state index contributed by atoms with van der Waals surface area (Å²) < 4.78 is 0. The van der Waals surface area contributed by atoms with Gasteiger partial charge in [0.15, 0.2) is 0 Å². The molecule has 1 aromatic rings. The lowest BCUT2D eigenvalue weighted by molar-refractivity contribution is -0.154. The average Bonchev–Trinajstić information content (AvgIpc) is 2.61. The lowest BCUT2D eigenvalue weighted by Gasteiger charge is -2.43. The maximum atomic E-state index is 12.9. The fraction of sp³-hybridized carbons (Fsp3) is 0.579. The number of hydrogen-bond acceptors (Lipinski definition) is 3. The summed E-state index contributed by atoms with van der Waals surface area (Å²) in [6.45, 7) is 4.34. The lowest BCUT2D eigenvalue weighted by atomic mass is 9.91. The van der Waals surface area contributed by atoms with Gasteiger partial charge in [0.05, 0.1) is 0 Å². The Hall–Kier alpha value is -1.59. The van der Waals surface area contributed by atoms with Crippen LogP contribution in [0.3, 0.4) is 0 Å². The van der Waals surface area contributed by atoms with Crippen molar-refractivity contribution in [2.75, 3.05) is 19.6 Å². The molecule has 2 bridgehead atoms. The topological polar surface area (TPSA) is 52.7 Å². The quantitative estimate of drug-likeness (QED) is 0.720. The molecule has 25 heavy (non-hydrogen) atoms. The van der Waals surface area contributed by atoms with Gasteiger partial charge in [-0.25, -0.2) is 0 Å². The number of likely N-dealkylation sites (tertiary alicyclic amines) is 1. The monoisotopic (exact) mass is 361 g/mol. The number of piperidine rings is 1. The normalized spacial score (nSPS) is 28.5. The van der Waals surface area contributed by atoms with Crippen LogP contribution in [0.2, 0.25) is 5.02 Å². The van der Waals surface area contributed by atoms with Crippen LogP contribution in [-0.4, -0.2) is 53.3 Å². The van der Waals surface area contributed by atoms with Crippen LogP contribution < -0.4 is 5.32 Å². The molecule has 3 heterocycles. The Kier molecular flexibility index (Phi) is 4.46. The molecule has 0 radical (unpaired) electrons. The summed E-state index contributed by atoms with van der Waals surface area (Å²) >= 11 is 6.33. The second kappa shape index (κ2) is 6.61. The smallest absolute Gasteiger partial charge is 0.312 e. The van der Waals surface area contributed by atoms with Crippen LogP contribution >= 0.6 is 11.6 Å². The summed E-state index contributed by atoms with van der Waals surface area (Å²) in [5, 5.41) is 4.22. The van der Waals surface area contributed by atoms with E-state index in [0.29, 0.717) is 43.3 Å². The van der Waals surface area contributed by atoms with E-state index in [1.54, 1.807) is 9.80 Å². The van der Waals surface area contributed by atoms with Gasteiger partial charge in [-0.2, -0.15) is 0 Å². The van der Waals surface area contributed by atoms with Gasteiger partial charge in [0.25, 0.3) is 0 Å². The first-order valence-electron chi connectivity index (χ1n) is 9.14. The van der Waals surface area contributed by atoms with Crippen LogP contribution in [0.4, 0.5) is 0 Å². The number of nitrogens with zero attached hydrogens (tertiary/aromatic N) is 2. The third-order valence-corrected chi connectivity index (χ3v) is 6.10. The average molecular weight is 362 g/mol. The first-order chi connectivity index (χ1) is 12.0. The zero-order valence-electron chi connectivity index (χ0n) is 14.5. The number of amides is 2. The van der Waals surface area contributed by atoms with Crippen molar-refractivity contribution >= 4 is 23.4 Å². The van der Waals surface area contributed by atoms with Crippen molar-refractivity contribution in [3.05, 3.63) is 34.3 Å². The van der Waals surface area contributed by atoms with Gasteiger partial charge >= 0.3 is 11.8 Å². The zero-order chi connectivity index (χ0) is 17.6. The summed E-state index contributed by atoms with van der Waals surface area (Å²) in [4.78, 5) is 29.1. The number of carbonyl (C=O) groups is 2. The second-order valence-electron chi connectivity index (χ2n) is 7.60. The molecule has 2 saturated heterocycles. The first kappa shape index (κ1) is 16.9. The number of benzene rings is 1. The van der Waals surface area contributed by atoms with Crippen LogP contribution in [0.1, 0.15) is 43.2 Å². The highest BCUT2D eigenvalue weighted by atomic mass is 35.5. The van der Waals surface area contributed by atoms with E-state index >= 15 is 0 Å². The largest absolute Gasteiger partial charge is 0.331 e. The molecule has 3 unspecified atom stereocenters. The maximum Gasteiger partial charge on any atom is 0.312 e. The predicted octanol–water partition coefficient (Wildman–Crippen LogP) is 2.14. The minimum absolute atomic E-state index is 0.182. The standard InChI is InChI=1S/C19H24ClN3O2/c1-12-8-22(11-16-15(12)6-3-7-17(16)20)18(24)19(25)23-9-13-4-2-5-14(10-23)21-13/h3,6-7,12-14,21H,2,4-5,8-11H2,1H3. The van der Waals surface area contributed by atoms with E-state index in [2.05, 4.69) is 18.3 Å². The van der Waals surface area contributed by atoms with Gasteiger partial charge in [0.2, 0.25) is 0 Å². The number of halogens is 1. The number of nitrogens with one attached hydrogen (secondary N) is 1. The Bertz CT molecular complexity index is 696. The number of rotatable bonds is 0. The molecule has 3 aliphatic rings. The van der Waals surface area contributed by atoms with Crippen molar-refractivity contribution in [2.24, 2.45) is 0 Å². The Morgan fingerprint density at radius 3 is 2.48 bits per heavy atom. The highest BCUT2D eigenvalue weighted by Crippen LogP contribution is 2.32. The molecule has 3 atom stereocenters. The summed E-state index contributed by atoms with van der Waals surface area (Å²) in [5.74, 6) is -0.569. The maximum absolute atomic E-state index is 12.9. The fourth-order valence-corrected chi connectivity index (χ4v) is 4.73. The molecule has 3 aliphatic heterocycles. The Balaban J connectivity index is 1.49. The van der Waals surface area contributed by atoms with Crippen LogP contribution in [0.15, 0.2) is 18.2 Å². The second-order valence-corrected chi connectivity index (χ2v) is 8.00. The van der Waals surface area contributed by atoms with Gasteiger partial charge in [-0.1, -0.05) is 37.1 Å². The van der Waals surface area contributed by atoms with Gasteiger partial charge in [-0.3, -0.25) is 9.59 Å². The van der Waals surface area contributed by atoms with E-state index < -0.39 is 5.91 Å². The first-order valence-corrected chi connectivity index (χ1v) is 9.52. The highest BCUT2D eigenvalue weighted by molar-refractivity contribution is 6.35. The summed E-state index contributed by atoms with van der Waals surface area (Å²) in [6, 6.07) is 6.52. The number of fused-ring (bicyclic) bond motifs is 3. The molecule has 1 N–H and O–H groups in total. The van der Waals surface area contributed by atoms with E-state index in [9.17, 15) is 9.59 Å². The van der Waals surface area contributed by atoms with Gasteiger partial charge in [0.1, 0.15) is 0 Å². The van der Waals surface area contributed by atoms with E-state index in [1.807, 2.05) is 12.1 Å². The van der Waals surface area contributed by atoms with Gasteiger partial charge in [-0.05, 0) is 36.0 Å². The molecule has 2 fully saturated rings. The van der Waals surface area contributed by atoms with E-state index in [4.69, 9.17) is 11.6 Å². The molecule has 0 aromatic heterocycles. The fourth-order valence-electron chi connectivity index (χ4n) is 4.48. The molecule has 5 nitrogen and oxygen atoms in total. The van der Waals surface area contributed by atoms with Crippen molar-refractivity contribution in [3.8, 4) is 0 Å². The number of carbonyl (C=O) groups excluding carboxylic acids is 2. The molecule has 0 saturated carbocycles. The van der Waals surface area contributed by atoms with E-state index in [0.717, 1.165) is 18.4 Å². The Labute approximate surface area is 153 Å². The minimum atomic E-state index is -0.391. The predicted molar refractivity (Wildman–Crippen MR) is 96.4 cm³/mol. The number of piperazine rings is 1. The SMILES string of the molecule is CC1CN(C(=O)C(=O)N2CC3CCCC(C2)N3)Cc2c(Cl)cccc21. The van der Waals surface area contributed by atoms with Gasteiger partial charge in [-0.15, -0.1) is 0 Å². The van der Waals surface area contributed by atoms with Crippen molar-refractivity contribution in [2.45, 2.75) is 50.7 Å². The van der Waals surface area contributed by atoms with E-state index in [1.165, 1.54) is 12.0 Å². The van der Waals surface area contributed by atoms with Crippen LogP contribution in [0.25, 0.3) is 0 Å². The van der Waals surface area contributed by atoms with Gasteiger partial charge < -0.3 is 15.1 Å². The lowest BCUT2D eigenvalue weighted by Crippen LogP contribution is -2.62. The molecule has 0 aliphatic carbocycles. The zero-order valence-corrected chi connectivity index (χ0v) is 15.3. The highest BCUT2D eigenvalue weighted by Gasteiger charge is 2.37. The third-order valence-electron chi connectivity index (χ3n) is 5.74. The molecular formula is C19H24ClN3O2. The summed E-state index contributed by atoms with van der Waals surface area (Å²) in [5.41, 5.74) is 2.15.